The summed E-state index contributed by atoms with van der Waals surface area (Å²) in [6.07, 6.45) is 1.57. The minimum atomic E-state index is -0.208. The van der Waals surface area contributed by atoms with E-state index in [9.17, 15) is 4.79 Å². The van der Waals surface area contributed by atoms with Crippen LogP contribution in [0.25, 0.3) is 0 Å². The highest BCUT2D eigenvalue weighted by molar-refractivity contribution is 5.92. The maximum Gasteiger partial charge on any atom is 0.291 e. The van der Waals surface area contributed by atoms with Gasteiger partial charge < -0.3 is 9.32 Å². The lowest BCUT2D eigenvalue weighted by molar-refractivity contribution is 0.0676. The van der Waals surface area contributed by atoms with Crippen molar-refractivity contribution in [2.45, 2.75) is 33.2 Å². The van der Waals surface area contributed by atoms with Gasteiger partial charge in [0.15, 0.2) is 6.39 Å². The molecular weight excluding hydrogens is 206 g/mol. The average molecular weight is 221 g/mol. The maximum absolute atomic E-state index is 12.1. The van der Waals surface area contributed by atoms with Crippen molar-refractivity contribution in [3.63, 3.8) is 0 Å². The first kappa shape index (κ1) is 12.2. The number of rotatable bonds is 4. The summed E-state index contributed by atoms with van der Waals surface area (Å²) < 4.78 is 5.05. The molecule has 0 saturated carbocycles. The van der Waals surface area contributed by atoms with Gasteiger partial charge in [-0.25, -0.2) is 4.98 Å². The summed E-state index contributed by atoms with van der Waals surface area (Å²) >= 11 is 0. The van der Waals surface area contributed by atoms with Gasteiger partial charge in [0.2, 0.25) is 5.76 Å². The fraction of sp³-hybridized carbons (Fsp3) is 0.545. The first-order valence-electron chi connectivity index (χ1n) is 5.16. The number of amides is 1. The standard InChI is InChI=1S/C11H15N3O2/c1-8(2)14(6-4-5-12)11(15)10-9(3)13-7-16-10/h7-8H,4,6H2,1-3H3. The number of nitriles is 1. The predicted octanol–water partition coefficient (Wildman–Crippen LogP) is 1.75. The van der Waals surface area contributed by atoms with Gasteiger partial charge in [-0.05, 0) is 20.8 Å². The van der Waals surface area contributed by atoms with E-state index in [0.29, 0.717) is 18.7 Å². The van der Waals surface area contributed by atoms with Crippen LogP contribution in [-0.2, 0) is 0 Å². The van der Waals surface area contributed by atoms with Gasteiger partial charge in [-0.2, -0.15) is 5.26 Å². The number of hydrogen-bond acceptors (Lipinski definition) is 4. The van der Waals surface area contributed by atoms with Gasteiger partial charge in [-0.1, -0.05) is 0 Å². The van der Waals surface area contributed by atoms with E-state index in [2.05, 4.69) is 4.98 Å². The second kappa shape index (κ2) is 5.31. The molecule has 1 aromatic rings. The molecule has 0 aliphatic rings. The Hall–Kier alpha value is -1.83. The Kier molecular flexibility index (Phi) is 4.06. The number of carbonyl (C=O) groups excluding carboxylic acids is 1. The Balaban J connectivity index is 2.84. The molecule has 0 radical (unpaired) electrons. The Morgan fingerprint density at radius 2 is 2.38 bits per heavy atom. The minimum Gasteiger partial charge on any atom is -0.438 e. The zero-order valence-corrected chi connectivity index (χ0v) is 9.73. The number of aromatic nitrogens is 1. The molecule has 0 bridgehead atoms. The normalized spacial score (nSPS) is 10.2. The first-order chi connectivity index (χ1) is 7.57. The average Bonchev–Trinajstić information content (AvgIpc) is 2.64. The van der Waals surface area contributed by atoms with Crippen molar-refractivity contribution in [3.05, 3.63) is 17.8 Å². The molecular formula is C11H15N3O2. The van der Waals surface area contributed by atoms with Crippen LogP contribution in [0.15, 0.2) is 10.8 Å². The molecule has 0 unspecified atom stereocenters. The third kappa shape index (κ3) is 2.60. The highest BCUT2D eigenvalue weighted by Crippen LogP contribution is 2.12. The molecule has 86 valence electrons. The summed E-state index contributed by atoms with van der Waals surface area (Å²) in [5.74, 6) is 0.0480. The molecule has 0 aliphatic heterocycles. The van der Waals surface area contributed by atoms with Gasteiger partial charge in [-0.15, -0.1) is 0 Å². The fourth-order valence-corrected chi connectivity index (χ4v) is 1.40. The molecule has 0 spiro atoms. The molecule has 1 heterocycles. The van der Waals surface area contributed by atoms with Crippen molar-refractivity contribution in [2.24, 2.45) is 0 Å². The van der Waals surface area contributed by atoms with Crippen LogP contribution in [0.2, 0.25) is 0 Å². The summed E-state index contributed by atoms with van der Waals surface area (Å²) in [7, 11) is 0. The molecule has 0 aliphatic carbocycles. The number of carbonyl (C=O) groups is 1. The first-order valence-corrected chi connectivity index (χ1v) is 5.16. The second-order valence-electron chi connectivity index (χ2n) is 3.77. The van der Waals surface area contributed by atoms with Gasteiger partial charge in [0.1, 0.15) is 0 Å². The van der Waals surface area contributed by atoms with E-state index < -0.39 is 0 Å². The Labute approximate surface area is 94.7 Å². The molecule has 5 nitrogen and oxygen atoms in total. The van der Waals surface area contributed by atoms with Crippen LogP contribution in [0.5, 0.6) is 0 Å². The Morgan fingerprint density at radius 3 is 2.81 bits per heavy atom. The van der Waals surface area contributed by atoms with Crippen LogP contribution in [-0.4, -0.2) is 28.4 Å². The third-order valence-corrected chi connectivity index (χ3v) is 2.29. The lowest BCUT2D eigenvalue weighted by Gasteiger charge is -2.24. The topological polar surface area (TPSA) is 70.1 Å². The van der Waals surface area contributed by atoms with Gasteiger partial charge >= 0.3 is 0 Å². The third-order valence-electron chi connectivity index (χ3n) is 2.29. The Bertz CT molecular complexity index is 404. The molecule has 0 atom stereocenters. The summed E-state index contributed by atoms with van der Waals surface area (Å²) in [6.45, 7) is 5.94. The molecule has 0 fully saturated rings. The zero-order valence-electron chi connectivity index (χ0n) is 9.73. The second-order valence-corrected chi connectivity index (χ2v) is 3.77. The van der Waals surface area contributed by atoms with E-state index in [-0.39, 0.29) is 17.7 Å². The highest BCUT2D eigenvalue weighted by atomic mass is 16.3. The van der Waals surface area contributed by atoms with Crippen molar-refractivity contribution in [1.82, 2.24) is 9.88 Å². The van der Waals surface area contributed by atoms with E-state index >= 15 is 0 Å². The van der Waals surface area contributed by atoms with Gasteiger partial charge in [0.05, 0.1) is 18.2 Å². The van der Waals surface area contributed by atoms with E-state index in [4.69, 9.17) is 9.68 Å². The summed E-state index contributed by atoms with van der Waals surface area (Å²) in [5, 5.41) is 8.54. The van der Waals surface area contributed by atoms with Crippen LogP contribution < -0.4 is 0 Å². The smallest absolute Gasteiger partial charge is 0.291 e. The quantitative estimate of drug-likeness (QED) is 0.776. The van der Waals surface area contributed by atoms with Crippen LogP contribution >= 0.6 is 0 Å². The van der Waals surface area contributed by atoms with E-state index in [1.807, 2.05) is 19.9 Å². The van der Waals surface area contributed by atoms with Gasteiger partial charge in [0.25, 0.3) is 5.91 Å². The van der Waals surface area contributed by atoms with Crippen molar-refractivity contribution < 1.29 is 9.21 Å². The molecule has 5 heteroatoms. The lowest BCUT2D eigenvalue weighted by atomic mass is 10.2. The highest BCUT2D eigenvalue weighted by Gasteiger charge is 2.23. The molecule has 0 N–H and O–H groups in total. The van der Waals surface area contributed by atoms with Crippen molar-refractivity contribution in [2.75, 3.05) is 6.54 Å². The van der Waals surface area contributed by atoms with Crippen molar-refractivity contribution >= 4 is 5.91 Å². The number of hydrogen-bond donors (Lipinski definition) is 0. The number of nitrogens with zero attached hydrogens (tertiary/aromatic N) is 3. The van der Waals surface area contributed by atoms with Crippen molar-refractivity contribution in [1.29, 1.82) is 5.26 Å². The maximum atomic E-state index is 12.1. The van der Waals surface area contributed by atoms with Crippen LogP contribution in [0.1, 0.15) is 36.5 Å². The van der Waals surface area contributed by atoms with Gasteiger partial charge in [-0.3, -0.25) is 4.79 Å². The molecule has 0 aromatic carbocycles. The fourth-order valence-electron chi connectivity index (χ4n) is 1.40. The summed E-state index contributed by atoms with van der Waals surface area (Å²) in [6, 6.07) is 2.06. The molecule has 1 amide bonds. The number of oxazole rings is 1. The monoisotopic (exact) mass is 221 g/mol. The van der Waals surface area contributed by atoms with Crippen LogP contribution in [0, 0.1) is 18.3 Å². The van der Waals surface area contributed by atoms with E-state index in [0.717, 1.165) is 0 Å². The molecule has 1 aromatic heterocycles. The number of aryl methyl sites for hydroxylation is 1. The van der Waals surface area contributed by atoms with Crippen LogP contribution in [0.3, 0.4) is 0 Å². The van der Waals surface area contributed by atoms with E-state index in [1.54, 1.807) is 11.8 Å². The summed E-state index contributed by atoms with van der Waals surface area (Å²) in [5.41, 5.74) is 0.576. The van der Waals surface area contributed by atoms with Gasteiger partial charge in [0, 0.05) is 12.6 Å². The lowest BCUT2D eigenvalue weighted by Crippen LogP contribution is -2.37. The molecule has 1 rings (SSSR count). The predicted molar refractivity (Wildman–Crippen MR) is 57.6 cm³/mol. The largest absolute Gasteiger partial charge is 0.438 e. The Morgan fingerprint density at radius 1 is 1.69 bits per heavy atom. The summed E-state index contributed by atoms with van der Waals surface area (Å²) in [4.78, 5) is 17.5. The molecule has 16 heavy (non-hydrogen) atoms. The van der Waals surface area contributed by atoms with Crippen LogP contribution in [0.4, 0.5) is 0 Å². The SMILES string of the molecule is Cc1ncoc1C(=O)N(CCC#N)C(C)C. The zero-order chi connectivity index (χ0) is 12.1. The van der Waals surface area contributed by atoms with E-state index in [1.165, 1.54) is 6.39 Å². The van der Waals surface area contributed by atoms with Crippen molar-refractivity contribution in [3.8, 4) is 6.07 Å². The minimum absolute atomic E-state index is 0.0327. The molecule has 0 saturated heterocycles.